The molecule has 0 unspecified atom stereocenters. The summed E-state index contributed by atoms with van der Waals surface area (Å²) in [4.78, 5) is 27.7. The predicted molar refractivity (Wildman–Crippen MR) is 74.7 cm³/mol. The van der Waals surface area contributed by atoms with Crippen LogP contribution in [0.1, 0.15) is 26.4 Å². The van der Waals surface area contributed by atoms with E-state index in [0.29, 0.717) is 16.9 Å². The van der Waals surface area contributed by atoms with Gasteiger partial charge in [-0.25, -0.2) is 9.78 Å². The van der Waals surface area contributed by atoms with Crippen LogP contribution in [0.5, 0.6) is 0 Å². The minimum Gasteiger partial charge on any atom is -0.465 e. The number of methoxy groups -OCH3 is 1. The topological polar surface area (TPSA) is 68.3 Å². The van der Waals surface area contributed by atoms with Crippen molar-refractivity contribution in [2.45, 2.75) is 6.92 Å². The van der Waals surface area contributed by atoms with Crippen molar-refractivity contribution < 1.29 is 14.3 Å². The average molecular weight is 270 g/mol. The SMILES string of the molecule is COC(=O)c1cccc(C(=O)Nc2cccc(C)n2)c1. The number of amides is 1. The highest BCUT2D eigenvalue weighted by Crippen LogP contribution is 2.10. The lowest BCUT2D eigenvalue weighted by Crippen LogP contribution is -2.14. The Bertz CT molecular complexity index is 653. The number of nitrogens with one attached hydrogen (secondary N) is 1. The van der Waals surface area contributed by atoms with Crippen LogP contribution in [0.4, 0.5) is 5.82 Å². The molecule has 0 saturated carbocycles. The number of nitrogens with zero attached hydrogens (tertiary/aromatic N) is 1. The summed E-state index contributed by atoms with van der Waals surface area (Å²) in [6, 6.07) is 11.7. The Morgan fingerprint density at radius 2 is 1.80 bits per heavy atom. The molecule has 0 bridgehead atoms. The number of esters is 1. The van der Waals surface area contributed by atoms with Crippen LogP contribution in [0.2, 0.25) is 0 Å². The Balaban J connectivity index is 2.19. The maximum atomic E-state index is 12.1. The van der Waals surface area contributed by atoms with Crippen molar-refractivity contribution in [1.82, 2.24) is 4.98 Å². The van der Waals surface area contributed by atoms with E-state index in [1.54, 1.807) is 24.3 Å². The standard InChI is InChI=1S/C15H14N2O3/c1-10-5-3-8-13(16-10)17-14(18)11-6-4-7-12(9-11)15(19)20-2/h3-9H,1-2H3,(H,16,17,18). The molecule has 2 rings (SSSR count). The molecule has 0 radical (unpaired) electrons. The summed E-state index contributed by atoms with van der Waals surface area (Å²) >= 11 is 0. The molecule has 0 atom stereocenters. The van der Waals surface area contributed by atoms with Gasteiger partial charge in [-0.05, 0) is 37.3 Å². The lowest BCUT2D eigenvalue weighted by atomic mass is 10.1. The van der Waals surface area contributed by atoms with Crippen LogP contribution in [0.3, 0.4) is 0 Å². The van der Waals surface area contributed by atoms with E-state index in [2.05, 4.69) is 15.0 Å². The fraction of sp³-hybridized carbons (Fsp3) is 0.133. The number of pyridine rings is 1. The summed E-state index contributed by atoms with van der Waals surface area (Å²) in [5.74, 6) is -0.333. The third-order valence-electron chi connectivity index (χ3n) is 2.68. The maximum absolute atomic E-state index is 12.1. The van der Waals surface area contributed by atoms with Crippen molar-refractivity contribution in [2.75, 3.05) is 12.4 Å². The number of aryl methyl sites for hydroxylation is 1. The van der Waals surface area contributed by atoms with Gasteiger partial charge in [0.15, 0.2) is 0 Å². The number of carbonyl (C=O) groups is 2. The van der Waals surface area contributed by atoms with Crippen LogP contribution in [0.25, 0.3) is 0 Å². The fourth-order valence-electron chi connectivity index (χ4n) is 1.71. The second kappa shape index (κ2) is 5.97. The maximum Gasteiger partial charge on any atom is 0.337 e. The van der Waals surface area contributed by atoms with Gasteiger partial charge in [0.1, 0.15) is 5.82 Å². The molecular formula is C15H14N2O3. The summed E-state index contributed by atoms with van der Waals surface area (Å²) in [5, 5.41) is 2.68. The van der Waals surface area contributed by atoms with E-state index in [1.165, 1.54) is 13.2 Å². The van der Waals surface area contributed by atoms with E-state index < -0.39 is 5.97 Å². The van der Waals surface area contributed by atoms with Gasteiger partial charge in [-0.2, -0.15) is 0 Å². The van der Waals surface area contributed by atoms with E-state index in [1.807, 2.05) is 19.1 Å². The second-order valence-corrected chi connectivity index (χ2v) is 4.19. The Hall–Kier alpha value is -2.69. The molecule has 0 aliphatic carbocycles. The molecule has 102 valence electrons. The molecule has 1 N–H and O–H groups in total. The number of hydrogen-bond acceptors (Lipinski definition) is 4. The van der Waals surface area contributed by atoms with Crippen molar-refractivity contribution in [2.24, 2.45) is 0 Å². The van der Waals surface area contributed by atoms with Crippen LogP contribution >= 0.6 is 0 Å². The molecule has 1 amide bonds. The smallest absolute Gasteiger partial charge is 0.337 e. The van der Waals surface area contributed by atoms with Gasteiger partial charge in [-0.3, -0.25) is 4.79 Å². The fourth-order valence-corrected chi connectivity index (χ4v) is 1.71. The highest BCUT2D eigenvalue weighted by molar-refractivity contribution is 6.05. The zero-order valence-corrected chi connectivity index (χ0v) is 11.2. The van der Waals surface area contributed by atoms with Crippen molar-refractivity contribution in [3.63, 3.8) is 0 Å². The van der Waals surface area contributed by atoms with Gasteiger partial charge in [0, 0.05) is 11.3 Å². The van der Waals surface area contributed by atoms with E-state index in [-0.39, 0.29) is 5.91 Å². The molecule has 5 heteroatoms. The summed E-state index contributed by atoms with van der Waals surface area (Å²) in [7, 11) is 1.30. The number of anilines is 1. The van der Waals surface area contributed by atoms with Crippen molar-refractivity contribution in [3.05, 3.63) is 59.3 Å². The third-order valence-corrected chi connectivity index (χ3v) is 2.68. The molecule has 1 heterocycles. The van der Waals surface area contributed by atoms with Crippen LogP contribution in [-0.2, 0) is 4.74 Å². The molecule has 0 aliphatic rings. The van der Waals surface area contributed by atoms with Gasteiger partial charge >= 0.3 is 5.97 Å². The van der Waals surface area contributed by atoms with Crippen molar-refractivity contribution >= 4 is 17.7 Å². The van der Waals surface area contributed by atoms with Crippen LogP contribution in [-0.4, -0.2) is 24.0 Å². The number of hydrogen-bond donors (Lipinski definition) is 1. The van der Waals surface area contributed by atoms with Gasteiger partial charge in [-0.1, -0.05) is 12.1 Å². The molecule has 0 spiro atoms. The van der Waals surface area contributed by atoms with Gasteiger partial charge in [0.05, 0.1) is 12.7 Å². The zero-order valence-electron chi connectivity index (χ0n) is 11.2. The lowest BCUT2D eigenvalue weighted by molar-refractivity contribution is 0.0600. The van der Waals surface area contributed by atoms with Gasteiger partial charge < -0.3 is 10.1 Å². The minimum absolute atomic E-state index is 0.325. The second-order valence-electron chi connectivity index (χ2n) is 4.19. The summed E-state index contributed by atoms with van der Waals surface area (Å²) < 4.78 is 4.62. The predicted octanol–water partition coefficient (Wildman–Crippen LogP) is 2.43. The quantitative estimate of drug-likeness (QED) is 0.870. The summed E-state index contributed by atoms with van der Waals surface area (Å²) in [5.41, 5.74) is 1.51. The van der Waals surface area contributed by atoms with E-state index in [0.717, 1.165) is 5.69 Å². The highest BCUT2D eigenvalue weighted by Gasteiger charge is 2.11. The van der Waals surface area contributed by atoms with Crippen LogP contribution < -0.4 is 5.32 Å². The Kier molecular flexibility index (Phi) is 4.10. The molecular weight excluding hydrogens is 256 g/mol. The van der Waals surface area contributed by atoms with Gasteiger partial charge in [0.2, 0.25) is 0 Å². The monoisotopic (exact) mass is 270 g/mol. The molecule has 5 nitrogen and oxygen atoms in total. The zero-order chi connectivity index (χ0) is 14.5. The number of ether oxygens (including phenoxy) is 1. The first-order valence-corrected chi connectivity index (χ1v) is 6.03. The number of benzene rings is 1. The summed E-state index contributed by atoms with van der Waals surface area (Å²) in [6.45, 7) is 1.84. The first-order chi connectivity index (χ1) is 9.60. The van der Waals surface area contributed by atoms with E-state index in [9.17, 15) is 9.59 Å². The molecule has 1 aromatic carbocycles. The first kappa shape index (κ1) is 13.7. The third kappa shape index (κ3) is 3.20. The Morgan fingerprint density at radius 1 is 1.10 bits per heavy atom. The number of aromatic nitrogens is 1. The van der Waals surface area contributed by atoms with Crippen molar-refractivity contribution in [3.8, 4) is 0 Å². The number of carbonyl (C=O) groups excluding carboxylic acids is 2. The Morgan fingerprint density at radius 3 is 2.50 bits per heavy atom. The van der Waals surface area contributed by atoms with E-state index >= 15 is 0 Å². The number of rotatable bonds is 3. The van der Waals surface area contributed by atoms with Crippen LogP contribution in [0.15, 0.2) is 42.5 Å². The molecule has 20 heavy (non-hydrogen) atoms. The lowest BCUT2D eigenvalue weighted by Gasteiger charge is -2.06. The average Bonchev–Trinajstić information content (AvgIpc) is 2.46. The summed E-state index contributed by atoms with van der Waals surface area (Å²) in [6.07, 6.45) is 0. The normalized spacial score (nSPS) is 9.90. The molecule has 0 aliphatic heterocycles. The van der Waals surface area contributed by atoms with E-state index in [4.69, 9.17) is 0 Å². The molecule has 0 saturated heterocycles. The van der Waals surface area contributed by atoms with Gasteiger partial charge in [-0.15, -0.1) is 0 Å². The van der Waals surface area contributed by atoms with Crippen molar-refractivity contribution in [1.29, 1.82) is 0 Å². The largest absolute Gasteiger partial charge is 0.465 e. The molecule has 2 aromatic rings. The highest BCUT2D eigenvalue weighted by atomic mass is 16.5. The molecule has 0 fully saturated rings. The minimum atomic E-state index is -0.478. The Labute approximate surface area is 116 Å². The molecule has 1 aromatic heterocycles. The van der Waals surface area contributed by atoms with Crippen LogP contribution in [0, 0.1) is 6.92 Å². The van der Waals surface area contributed by atoms with Gasteiger partial charge in [0.25, 0.3) is 5.91 Å². The first-order valence-electron chi connectivity index (χ1n) is 6.03.